The summed E-state index contributed by atoms with van der Waals surface area (Å²) in [4.78, 5) is 11.0. The normalized spacial score (nSPS) is 30.7. The Kier molecular flexibility index (Phi) is 3.50. The van der Waals surface area contributed by atoms with Crippen molar-refractivity contribution >= 4 is 5.97 Å². The van der Waals surface area contributed by atoms with E-state index in [1.165, 1.54) is 0 Å². The number of hydrogen-bond acceptors (Lipinski definition) is 3. The van der Waals surface area contributed by atoms with Crippen LogP contribution < -0.4 is 5.32 Å². The fourth-order valence-corrected chi connectivity index (χ4v) is 1.91. The number of carbonyl (C=O) groups is 1. The molecule has 1 aliphatic carbocycles. The fraction of sp³-hybridized carbons (Fsp3) is 0.900. The molecule has 4 heteroatoms. The third-order valence-corrected chi connectivity index (χ3v) is 3.15. The van der Waals surface area contributed by atoms with E-state index in [4.69, 9.17) is 10.2 Å². The average molecular weight is 201 g/mol. The molecule has 0 amide bonds. The number of aliphatic hydroxyl groups excluding tert-OH is 1. The first-order valence-electron chi connectivity index (χ1n) is 5.22. The van der Waals surface area contributed by atoms with Crippen molar-refractivity contribution in [2.45, 2.75) is 44.7 Å². The van der Waals surface area contributed by atoms with E-state index in [1.807, 2.05) is 13.8 Å². The summed E-state index contributed by atoms with van der Waals surface area (Å²) in [5, 5.41) is 21.2. The van der Waals surface area contributed by atoms with Gasteiger partial charge in [0.15, 0.2) is 0 Å². The zero-order valence-electron chi connectivity index (χ0n) is 8.79. The molecule has 0 aromatic rings. The number of carboxylic acid groups (broad SMARTS) is 1. The summed E-state index contributed by atoms with van der Waals surface area (Å²) in [6, 6.07) is 0.239. The first-order chi connectivity index (χ1) is 6.60. The summed E-state index contributed by atoms with van der Waals surface area (Å²) in [6.07, 6.45) is 2.39. The highest BCUT2D eigenvalue weighted by Gasteiger charge is 2.60. The highest BCUT2D eigenvalue weighted by atomic mass is 16.4. The molecule has 0 spiro atoms. The Hall–Kier alpha value is -0.610. The summed E-state index contributed by atoms with van der Waals surface area (Å²) in [5.74, 6) is -0.941. The zero-order chi connectivity index (χ0) is 10.8. The molecule has 0 aromatic carbocycles. The standard InChI is InChI=1S/C10H19NO3/c1-3-8(4-2)11-10(9(13)14)5-7(10)6-12/h7-8,11-12H,3-6H2,1-2H3,(H,13,14)/t7?,10-/m1/s1. The highest BCUT2D eigenvalue weighted by molar-refractivity contribution is 5.83. The van der Waals surface area contributed by atoms with Crippen molar-refractivity contribution in [3.8, 4) is 0 Å². The van der Waals surface area contributed by atoms with E-state index < -0.39 is 11.5 Å². The molecule has 0 heterocycles. The molecule has 0 saturated heterocycles. The van der Waals surface area contributed by atoms with Crippen LogP contribution in [0, 0.1) is 5.92 Å². The van der Waals surface area contributed by atoms with Crippen LogP contribution in [0.25, 0.3) is 0 Å². The van der Waals surface area contributed by atoms with Crippen LogP contribution in [0.2, 0.25) is 0 Å². The van der Waals surface area contributed by atoms with Crippen LogP contribution in [0.3, 0.4) is 0 Å². The highest BCUT2D eigenvalue weighted by Crippen LogP contribution is 2.43. The Morgan fingerprint density at radius 1 is 1.57 bits per heavy atom. The SMILES string of the molecule is CCC(CC)N[C@]1(C(=O)O)CC1CO. The van der Waals surface area contributed by atoms with E-state index >= 15 is 0 Å². The molecule has 0 bridgehead atoms. The maximum Gasteiger partial charge on any atom is 0.324 e. The largest absolute Gasteiger partial charge is 0.480 e. The lowest BCUT2D eigenvalue weighted by Crippen LogP contribution is -2.47. The number of rotatable bonds is 6. The minimum absolute atomic E-state index is 0.0422. The monoisotopic (exact) mass is 201 g/mol. The minimum Gasteiger partial charge on any atom is -0.480 e. The average Bonchev–Trinajstić information content (AvgIpc) is 2.89. The molecule has 0 aromatic heterocycles. The predicted octanol–water partition coefficient (Wildman–Crippen LogP) is 0.600. The van der Waals surface area contributed by atoms with Gasteiger partial charge in [0.25, 0.3) is 0 Å². The number of hydrogen-bond donors (Lipinski definition) is 3. The van der Waals surface area contributed by atoms with Gasteiger partial charge < -0.3 is 10.2 Å². The fourth-order valence-electron chi connectivity index (χ4n) is 1.91. The molecular weight excluding hydrogens is 182 g/mol. The second-order valence-electron chi connectivity index (χ2n) is 4.02. The molecule has 0 aliphatic heterocycles. The number of carboxylic acids is 1. The van der Waals surface area contributed by atoms with E-state index in [0.29, 0.717) is 6.42 Å². The van der Waals surface area contributed by atoms with Crippen LogP contribution in [0.1, 0.15) is 33.1 Å². The summed E-state index contributed by atoms with van der Waals surface area (Å²) in [5.41, 5.74) is -0.842. The van der Waals surface area contributed by atoms with Crippen LogP contribution in [-0.4, -0.2) is 34.4 Å². The van der Waals surface area contributed by atoms with Gasteiger partial charge in [0.2, 0.25) is 0 Å². The van der Waals surface area contributed by atoms with Gasteiger partial charge in [-0.2, -0.15) is 0 Å². The maximum atomic E-state index is 11.0. The van der Waals surface area contributed by atoms with Gasteiger partial charge in [-0.15, -0.1) is 0 Å². The Bertz CT molecular complexity index is 215. The van der Waals surface area contributed by atoms with E-state index in [-0.39, 0.29) is 18.6 Å². The number of aliphatic carboxylic acids is 1. The molecule has 1 rings (SSSR count). The molecule has 4 nitrogen and oxygen atoms in total. The van der Waals surface area contributed by atoms with E-state index in [1.54, 1.807) is 0 Å². The molecule has 0 radical (unpaired) electrons. The summed E-state index contributed by atoms with van der Waals surface area (Å²) in [7, 11) is 0. The Morgan fingerprint density at radius 3 is 2.43 bits per heavy atom. The first-order valence-corrected chi connectivity index (χ1v) is 5.22. The minimum atomic E-state index is -0.842. The molecule has 3 N–H and O–H groups in total. The Balaban J connectivity index is 2.59. The molecule has 82 valence electrons. The van der Waals surface area contributed by atoms with E-state index in [0.717, 1.165) is 12.8 Å². The predicted molar refractivity (Wildman–Crippen MR) is 53.1 cm³/mol. The lowest BCUT2D eigenvalue weighted by Gasteiger charge is -2.21. The van der Waals surface area contributed by atoms with E-state index in [9.17, 15) is 4.79 Å². The number of aliphatic hydroxyl groups is 1. The van der Waals surface area contributed by atoms with Crippen molar-refractivity contribution in [2.24, 2.45) is 5.92 Å². The van der Waals surface area contributed by atoms with Gasteiger partial charge in [-0.3, -0.25) is 10.1 Å². The van der Waals surface area contributed by atoms with Crippen LogP contribution in [0.5, 0.6) is 0 Å². The molecule has 1 aliphatic rings. The molecule has 1 saturated carbocycles. The molecule has 1 unspecified atom stereocenters. The van der Waals surface area contributed by atoms with E-state index in [2.05, 4.69) is 5.32 Å². The smallest absolute Gasteiger partial charge is 0.324 e. The van der Waals surface area contributed by atoms with Crippen LogP contribution >= 0.6 is 0 Å². The van der Waals surface area contributed by atoms with Crippen LogP contribution in [-0.2, 0) is 4.79 Å². The summed E-state index contributed by atoms with van der Waals surface area (Å²) >= 11 is 0. The van der Waals surface area contributed by atoms with Crippen molar-refractivity contribution < 1.29 is 15.0 Å². The molecule has 2 atom stereocenters. The third kappa shape index (κ3) is 1.91. The Morgan fingerprint density at radius 2 is 2.14 bits per heavy atom. The van der Waals surface area contributed by atoms with Gasteiger partial charge in [0.05, 0.1) is 0 Å². The first kappa shape index (κ1) is 11.5. The maximum absolute atomic E-state index is 11.0. The molecule has 1 fully saturated rings. The van der Waals surface area contributed by atoms with Gasteiger partial charge in [-0.05, 0) is 19.3 Å². The summed E-state index contributed by atoms with van der Waals surface area (Å²) < 4.78 is 0. The van der Waals surface area contributed by atoms with Crippen molar-refractivity contribution in [3.63, 3.8) is 0 Å². The lowest BCUT2D eigenvalue weighted by molar-refractivity contribution is -0.141. The quantitative estimate of drug-likeness (QED) is 0.588. The van der Waals surface area contributed by atoms with Crippen molar-refractivity contribution in [2.75, 3.05) is 6.61 Å². The van der Waals surface area contributed by atoms with Crippen LogP contribution in [0.4, 0.5) is 0 Å². The Labute approximate surface area is 84.3 Å². The van der Waals surface area contributed by atoms with Gasteiger partial charge in [-0.1, -0.05) is 13.8 Å². The van der Waals surface area contributed by atoms with Crippen LogP contribution in [0.15, 0.2) is 0 Å². The van der Waals surface area contributed by atoms with Crippen molar-refractivity contribution in [1.29, 1.82) is 0 Å². The van der Waals surface area contributed by atoms with Crippen molar-refractivity contribution in [1.82, 2.24) is 5.32 Å². The van der Waals surface area contributed by atoms with Crippen molar-refractivity contribution in [3.05, 3.63) is 0 Å². The molecule has 14 heavy (non-hydrogen) atoms. The van der Waals surface area contributed by atoms with Gasteiger partial charge in [0, 0.05) is 18.6 Å². The third-order valence-electron chi connectivity index (χ3n) is 3.15. The number of nitrogens with one attached hydrogen (secondary N) is 1. The second kappa shape index (κ2) is 4.28. The zero-order valence-corrected chi connectivity index (χ0v) is 8.79. The summed E-state index contributed by atoms with van der Waals surface area (Å²) in [6.45, 7) is 4.03. The topological polar surface area (TPSA) is 69.6 Å². The second-order valence-corrected chi connectivity index (χ2v) is 4.02. The lowest BCUT2D eigenvalue weighted by atomic mass is 10.1. The van der Waals surface area contributed by atoms with Gasteiger partial charge in [-0.25, -0.2) is 0 Å². The molecular formula is C10H19NO3. The van der Waals surface area contributed by atoms with Gasteiger partial charge >= 0.3 is 5.97 Å². The van der Waals surface area contributed by atoms with Gasteiger partial charge in [0.1, 0.15) is 5.54 Å².